The molecule has 1 heterocycles. The van der Waals surface area contributed by atoms with Gasteiger partial charge in [-0.15, -0.1) is 0 Å². The van der Waals surface area contributed by atoms with Crippen LogP contribution in [-0.2, 0) is 10.3 Å². The molecule has 1 aliphatic rings. The number of alkyl halides is 2. The fourth-order valence-corrected chi connectivity index (χ4v) is 3.68. The van der Waals surface area contributed by atoms with Crippen LogP contribution in [-0.4, -0.2) is 22.9 Å². The summed E-state index contributed by atoms with van der Waals surface area (Å²) in [6.45, 7) is 1.89. The van der Waals surface area contributed by atoms with Crippen molar-refractivity contribution in [3.8, 4) is 5.75 Å². The Bertz CT molecular complexity index is 861. The molecule has 2 aromatic carbocycles. The number of aliphatic imine (C=N–C) groups is 1. The van der Waals surface area contributed by atoms with Gasteiger partial charge in [-0.05, 0) is 43.2 Å². The average Bonchev–Trinajstić information content (AvgIpc) is 2.62. The minimum absolute atomic E-state index is 0.117. The van der Waals surface area contributed by atoms with Gasteiger partial charge in [0.25, 0.3) is 0 Å². The quantitative estimate of drug-likeness (QED) is 0.809. The predicted molar refractivity (Wildman–Crippen MR) is 103 cm³/mol. The maximum Gasteiger partial charge on any atom is 0.482 e. The number of amidine groups is 1. The number of amides is 1. The molecule has 0 saturated heterocycles. The van der Waals surface area contributed by atoms with Crippen molar-refractivity contribution in [1.82, 2.24) is 0 Å². The fraction of sp³-hybridized carbons (Fsp3) is 0.263. The van der Waals surface area contributed by atoms with Crippen molar-refractivity contribution in [3.63, 3.8) is 0 Å². The number of anilines is 1. The Labute approximate surface area is 160 Å². The molecule has 8 heteroatoms. The zero-order chi connectivity index (χ0) is 19.5. The summed E-state index contributed by atoms with van der Waals surface area (Å²) < 4.78 is 33.2. The molecule has 0 aliphatic carbocycles. The Morgan fingerprint density at radius 2 is 2.00 bits per heavy atom. The highest BCUT2D eigenvalue weighted by molar-refractivity contribution is 8.13. The molecule has 1 atom stereocenters. The van der Waals surface area contributed by atoms with Crippen molar-refractivity contribution in [3.05, 3.63) is 60.2 Å². The third-order valence-electron chi connectivity index (χ3n) is 4.19. The number of benzene rings is 2. The van der Waals surface area contributed by atoms with Crippen LogP contribution in [0.1, 0.15) is 18.9 Å². The minimum Gasteiger partial charge on any atom is -0.425 e. The van der Waals surface area contributed by atoms with E-state index < -0.39 is 17.6 Å². The summed E-state index contributed by atoms with van der Waals surface area (Å²) >= 11 is 1.46. The molecule has 3 rings (SSSR count). The van der Waals surface area contributed by atoms with Crippen LogP contribution in [0.15, 0.2) is 59.6 Å². The summed E-state index contributed by atoms with van der Waals surface area (Å²) in [7, 11) is 0. The van der Waals surface area contributed by atoms with Crippen molar-refractivity contribution >= 4 is 28.5 Å². The number of rotatable bonds is 5. The number of para-hydroxylation sites is 1. The van der Waals surface area contributed by atoms with Gasteiger partial charge in [0.2, 0.25) is 0 Å². The van der Waals surface area contributed by atoms with E-state index in [1.54, 1.807) is 30.3 Å². The van der Waals surface area contributed by atoms with Gasteiger partial charge < -0.3 is 15.8 Å². The summed E-state index contributed by atoms with van der Waals surface area (Å²) in [5.41, 5.74) is 6.15. The van der Waals surface area contributed by atoms with E-state index in [0.29, 0.717) is 17.2 Å². The molecule has 5 nitrogen and oxygen atoms in total. The predicted octanol–water partition coefficient (Wildman–Crippen LogP) is 3.96. The van der Waals surface area contributed by atoms with Crippen molar-refractivity contribution in [2.24, 2.45) is 10.7 Å². The Hall–Kier alpha value is -2.61. The first-order valence-corrected chi connectivity index (χ1v) is 9.29. The summed E-state index contributed by atoms with van der Waals surface area (Å²) in [4.78, 5) is 16.4. The minimum atomic E-state index is -4.03. The molecule has 0 radical (unpaired) electrons. The second-order valence-corrected chi connectivity index (χ2v) is 7.40. The highest BCUT2D eigenvalue weighted by atomic mass is 32.2. The van der Waals surface area contributed by atoms with E-state index in [1.807, 2.05) is 6.92 Å². The largest absolute Gasteiger partial charge is 0.482 e. The molecule has 1 unspecified atom stereocenters. The van der Waals surface area contributed by atoms with Crippen LogP contribution in [0.25, 0.3) is 0 Å². The number of ether oxygens (including phenoxy) is 1. The monoisotopic (exact) mass is 391 g/mol. The van der Waals surface area contributed by atoms with Crippen LogP contribution in [0.4, 0.5) is 14.5 Å². The van der Waals surface area contributed by atoms with E-state index in [-0.39, 0.29) is 11.4 Å². The van der Waals surface area contributed by atoms with Gasteiger partial charge in [-0.2, -0.15) is 8.78 Å². The maximum absolute atomic E-state index is 14.2. The molecule has 0 spiro atoms. The molecule has 27 heavy (non-hydrogen) atoms. The lowest BCUT2D eigenvalue weighted by molar-refractivity contribution is -0.187. The summed E-state index contributed by atoms with van der Waals surface area (Å²) in [6.07, 6.45) is -3.31. The van der Waals surface area contributed by atoms with Gasteiger partial charge in [0.05, 0.1) is 5.54 Å². The standard InChI is InChI=1S/C19H19F2N3O2S/c1-18(10-11-27-17(22)24-18)13-6-5-9-15(12-13)26-19(20,21)16(25)23-14-7-3-2-4-8-14/h2-9,12H,10-11H2,1H3,(H2,22,24)(H,23,25). The molecular formula is C19H19F2N3O2S. The zero-order valence-electron chi connectivity index (χ0n) is 14.6. The van der Waals surface area contributed by atoms with E-state index in [4.69, 9.17) is 10.5 Å². The Balaban J connectivity index is 1.77. The van der Waals surface area contributed by atoms with E-state index in [0.717, 1.165) is 5.75 Å². The first-order valence-electron chi connectivity index (χ1n) is 8.30. The maximum atomic E-state index is 14.2. The molecule has 3 N–H and O–H groups in total. The lowest BCUT2D eigenvalue weighted by Crippen LogP contribution is -2.40. The molecule has 0 bridgehead atoms. The highest BCUT2D eigenvalue weighted by Crippen LogP contribution is 2.37. The van der Waals surface area contributed by atoms with Crippen LogP contribution in [0, 0.1) is 0 Å². The zero-order valence-corrected chi connectivity index (χ0v) is 15.4. The number of nitrogens with one attached hydrogen (secondary N) is 1. The lowest BCUT2D eigenvalue weighted by atomic mass is 9.90. The third kappa shape index (κ3) is 4.57. The Morgan fingerprint density at radius 1 is 1.26 bits per heavy atom. The number of nitrogens with two attached hydrogens (primary N) is 1. The summed E-state index contributed by atoms with van der Waals surface area (Å²) in [6, 6.07) is 14.2. The smallest absolute Gasteiger partial charge is 0.425 e. The molecule has 2 aromatic rings. The summed E-state index contributed by atoms with van der Waals surface area (Å²) in [5.74, 6) is -0.873. The van der Waals surface area contributed by atoms with Gasteiger partial charge in [0, 0.05) is 11.4 Å². The van der Waals surface area contributed by atoms with E-state index in [2.05, 4.69) is 10.3 Å². The number of halogens is 2. The van der Waals surface area contributed by atoms with Gasteiger partial charge in [0.15, 0.2) is 5.17 Å². The van der Waals surface area contributed by atoms with Gasteiger partial charge in [-0.3, -0.25) is 9.79 Å². The van der Waals surface area contributed by atoms with Crippen molar-refractivity contribution in [2.75, 3.05) is 11.1 Å². The first-order chi connectivity index (χ1) is 12.8. The number of carbonyl (C=O) groups is 1. The van der Waals surface area contributed by atoms with Crippen LogP contribution in [0.2, 0.25) is 0 Å². The van der Waals surface area contributed by atoms with Crippen molar-refractivity contribution in [1.29, 1.82) is 0 Å². The molecule has 142 valence electrons. The topological polar surface area (TPSA) is 76.7 Å². The summed E-state index contributed by atoms with van der Waals surface area (Å²) in [5, 5.41) is 2.60. The second-order valence-electron chi connectivity index (χ2n) is 6.29. The van der Waals surface area contributed by atoms with Crippen molar-refractivity contribution in [2.45, 2.75) is 25.0 Å². The first kappa shape index (κ1) is 19.2. The van der Waals surface area contributed by atoms with Crippen LogP contribution in [0.3, 0.4) is 0 Å². The molecule has 1 amide bonds. The SMILES string of the molecule is CC1(c2cccc(OC(F)(F)C(=O)Nc3ccccc3)c2)CCSC(N)=N1. The van der Waals surface area contributed by atoms with Gasteiger partial charge in [0.1, 0.15) is 5.75 Å². The van der Waals surface area contributed by atoms with Crippen LogP contribution >= 0.6 is 11.8 Å². The third-order valence-corrected chi connectivity index (χ3v) is 4.99. The lowest BCUT2D eigenvalue weighted by Gasteiger charge is -2.30. The van der Waals surface area contributed by atoms with Gasteiger partial charge in [-0.1, -0.05) is 42.1 Å². The number of nitrogens with zero attached hydrogens (tertiary/aromatic N) is 1. The van der Waals surface area contributed by atoms with Crippen LogP contribution < -0.4 is 15.8 Å². The number of hydrogen-bond acceptors (Lipinski definition) is 5. The van der Waals surface area contributed by atoms with Gasteiger partial charge >= 0.3 is 12.0 Å². The fourth-order valence-electron chi connectivity index (χ4n) is 2.71. The number of hydrogen-bond donors (Lipinski definition) is 2. The second kappa shape index (κ2) is 7.56. The molecule has 0 fully saturated rings. The molecule has 0 aromatic heterocycles. The molecule has 1 aliphatic heterocycles. The highest BCUT2D eigenvalue weighted by Gasteiger charge is 2.42. The van der Waals surface area contributed by atoms with E-state index >= 15 is 0 Å². The Morgan fingerprint density at radius 3 is 2.70 bits per heavy atom. The Kier molecular flexibility index (Phi) is 5.36. The van der Waals surface area contributed by atoms with Gasteiger partial charge in [-0.25, -0.2) is 0 Å². The molecular weight excluding hydrogens is 372 g/mol. The number of carbonyl (C=O) groups excluding carboxylic acids is 1. The van der Waals surface area contributed by atoms with E-state index in [9.17, 15) is 13.6 Å². The average molecular weight is 391 g/mol. The van der Waals surface area contributed by atoms with Crippen LogP contribution in [0.5, 0.6) is 5.75 Å². The number of thioether (sulfide) groups is 1. The molecule has 0 saturated carbocycles. The van der Waals surface area contributed by atoms with E-state index in [1.165, 1.54) is 36.0 Å². The van der Waals surface area contributed by atoms with Crippen molar-refractivity contribution < 1.29 is 18.3 Å². The normalized spacial score (nSPS) is 19.9.